The van der Waals surface area contributed by atoms with Crippen LogP contribution in [0.1, 0.15) is 56.8 Å². The Labute approximate surface area is 210 Å². The van der Waals surface area contributed by atoms with Crippen molar-refractivity contribution < 1.29 is 23.2 Å². The summed E-state index contributed by atoms with van der Waals surface area (Å²) in [5.74, 6) is -3.22. The Morgan fingerprint density at radius 3 is 2.14 bits per heavy atom. The fourth-order valence-corrected chi connectivity index (χ4v) is 5.41. The fourth-order valence-electron chi connectivity index (χ4n) is 5.41. The van der Waals surface area contributed by atoms with Crippen LogP contribution in [0.4, 0.5) is 8.78 Å². The van der Waals surface area contributed by atoms with Crippen molar-refractivity contribution in [2.45, 2.75) is 71.1 Å². The van der Waals surface area contributed by atoms with Gasteiger partial charge in [-0.1, -0.05) is 38.1 Å². The van der Waals surface area contributed by atoms with Gasteiger partial charge in [0.05, 0.1) is 0 Å². The van der Waals surface area contributed by atoms with Crippen molar-refractivity contribution in [3.63, 3.8) is 0 Å². The molecule has 1 aliphatic heterocycles. The van der Waals surface area contributed by atoms with Crippen LogP contribution in [-0.4, -0.2) is 40.7 Å². The third-order valence-corrected chi connectivity index (χ3v) is 6.86. The van der Waals surface area contributed by atoms with E-state index in [-0.39, 0.29) is 29.3 Å². The molecule has 1 heterocycles. The van der Waals surface area contributed by atoms with Crippen molar-refractivity contribution in [2.75, 3.05) is 0 Å². The number of carbonyl (C=O) groups excluding carboxylic acids is 3. The van der Waals surface area contributed by atoms with Gasteiger partial charge in [-0.2, -0.15) is 0 Å². The van der Waals surface area contributed by atoms with Crippen LogP contribution in [-0.2, 0) is 27.2 Å². The van der Waals surface area contributed by atoms with E-state index in [0.717, 1.165) is 29.3 Å². The smallest absolute Gasteiger partial charge is 0.247 e. The summed E-state index contributed by atoms with van der Waals surface area (Å²) < 4.78 is 28.6. The van der Waals surface area contributed by atoms with Crippen molar-refractivity contribution >= 4 is 17.7 Å². The molecule has 0 unspecified atom stereocenters. The first-order valence-electron chi connectivity index (χ1n) is 12.5. The molecule has 0 radical (unpaired) electrons. The van der Waals surface area contributed by atoms with Gasteiger partial charge in [-0.3, -0.25) is 14.4 Å². The Hall–Kier alpha value is -3.29. The average molecular weight is 498 g/mol. The molecule has 2 N–H and O–H groups in total. The molecule has 0 spiro atoms. The van der Waals surface area contributed by atoms with Crippen molar-refractivity contribution in [3.8, 4) is 0 Å². The second kappa shape index (κ2) is 10.4. The van der Waals surface area contributed by atoms with E-state index >= 15 is 0 Å². The van der Waals surface area contributed by atoms with Crippen LogP contribution in [0.3, 0.4) is 0 Å². The first-order valence-corrected chi connectivity index (χ1v) is 12.5. The maximum absolute atomic E-state index is 14.3. The molecule has 0 aromatic heterocycles. The molecule has 4 rings (SSSR count). The van der Waals surface area contributed by atoms with Crippen LogP contribution in [0.25, 0.3) is 0 Å². The second-order valence-corrected chi connectivity index (χ2v) is 10.6. The van der Waals surface area contributed by atoms with Gasteiger partial charge in [-0.05, 0) is 73.8 Å². The number of carbonyl (C=O) groups is 3. The number of rotatable bonds is 7. The van der Waals surface area contributed by atoms with E-state index < -0.39 is 41.6 Å². The number of nitrogens with one attached hydrogen (secondary N) is 2. The van der Waals surface area contributed by atoms with E-state index in [4.69, 9.17) is 0 Å². The topological polar surface area (TPSA) is 78.5 Å². The molecule has 2 aromatic rings. The molecule has 1 fully saturated rings. The number of nitrogens with zero attached hydrogens (tertiary/aromatic N) is 1. The average Bonchev–Trinajstić information content (AvgIpc) is 3.21. The fraction of sp³-hybridized carbons (Fsp3) is 0.464. The predicted octanol–water partition coefficient (Wildman–Crippen LogP) is 3.69. The summed E-state index contributed by atoms with van der Waals surface area (Å²) in [5.41, 5.74) is 2.25. The summed E-state index contributed by atoms with van der Waals surface area (Å²) in [4.78, 5) is 42.3. The first-order chi connectivity index (χ1) is 17.0. The van der Waals surface area contributed by atoms with E-state index in [9.17, 15) is 23.2 Å². The standard InChI is InChI=1S/C28H33F2N3O3/c1-15(2)9-23-26(34)32-24(19-10-17-7-5-6-8-18(17)11-19)28(36)33(23)25(27(35)31-16(3)4)20-12-21(29)14-22(30)13-20/h5-8,12-16,19,23-25H,9-11H2,1-4H3,(H,31,35)(H,32,34)/t23-,24-,25-/m1/s1. The van der Waals surface area contributed by atoms with E-state index in [1.165, 1.54) is 4.90 Å². The molecule has 1 aliphatic carbocycles. The molecule has 1 saturated heterocycles. The van der Waals surface area contributed by atoms with Gasteiger partial charge < -0.3 is 15.5 Å². The van der Waals surface area contributed by atoms with Gasteiger partial charge >= 0.3 is 0 Å². The molecule has 2 aromatic carbocycles. The summed E-state index contributed by atoms with van der Waals surface area (Å²) in [5, 5.41) is 5.70. The van der Waals surface area contributed by atoms with Crippen LogP contribution >= 0.6 is 0 Å². The largest absolute Gasteiger partial charge is 0.352 e. The lowest BCUT2D eigenvalue weighted by Crippen LogP contribution is -2.67. The maximum atomic E-state index is 14.3. The quantitative estimate of drug-likeness (QED) is 0.613. The van der Waals surface area contributed by atoms with Crippen molar-refractivity contribution in [2.24, 2.45) is 11.8 Å². The lowest BCUT2D eigenvalue weighted by molar-refractivity contribution is -0.158. The number of halogens is 2. The monoisotopic (exact) mass is 497 g/mol. The highest BCUT2D eigenvalue weighted by atomic mass is 19.1. The van der Waals surface area contributed by atoms with Gasteiger partial charge in [0.2, 0.25) is 17.7 Å². The molecule has 3 atom stereocenters. The highest BCUT2D eigenvalue weighted by Gasteiger charge is 2.49. The molecular formula is C28H33F2N3O3. The maximum Gasteiger partial charge on any atom is 0.247 e. The van der Waals surface area contributed by atoms with Gasteiger partial charge in [0.1, 0.15) is 29.8 Å². The minimum atomic E-state index is -1.36. The Morgan fingerprint density at radius 2 is 1.61 bits per heavy atom. The van der Waals surface area contributed by atoms with Gasteiger partial charge in [0, 0.05) is 12.1 Å². The summed E-state index contributed by atoms with van der Waals surface area (Å²) >= 11 is 0. The molecule has 0 bridgehead atoms. The highest BCUT2D eigenvalue weighted by molar-refractivity contribution is 6.00. The number of amides is 3. The van der Waals surface area contributed by atoms with E-state index in [0.29, 0.717) is 19.3 Å². The summed E-state index contributed by atoms with van der Waals surface area (Å²) in [6.07, 6.45) is 1.54. The lowest BCUT2D eigenvalue weighted by atomic mass is 9.88. The summed E-state index contributed by atoms with van der Waals surface area (Å²) in [6, 6.07) is 7.30. The number of hydrogen-bond donors (Lipinski definition) is 2. The minimum Gasteiger partial charge on any atom is -0.352 e. The van der Waals surface area contributed by atoms with Gasteiger partial charge in [-0.15, -0.1) is 0 Å². The Balaban J connectivity index is 1.78. The molecule has 36 heavy (non-hydrogen) atoms. The third kappa shape index (κ3) is 5.27. The third-order valence-electron chi connectivity index (χ3n) is 6.86. The van der Waals surface area contributed by atoms with Crippen LogP contribution in [0.5, 0.6) is 0 Å². The SMILES string of the molecule is CC(C)C[C@@H]1C(=O)N[C@H](C2Cc3ccccc3C2)C(=O)N1[C@@H](C(=O)NC(C)C)c1cc(F)cc(F)c1. The Morgan fingerprint density at radius 1 is 1.03 bits per heavy atom. The van der Waals surface area contributed by atoms with Crippen LogP contribution < -0.4 is 10.6 Å². The summed E-state index contributed by atoms with van der Waals surface area (Å²) in [6.45, 7) is 7.35. The molecule has 2 aliphatic rings. The molecule has 3 amide bonds. The van der Waals surface area contributed by atoms with Crippen molar-refractivity contribution in [3.05, 3.63) is 70.8 Å². The Kier molecular flexibility index (Phi) is 7.43. The van der Waals surface area contributed by atoms with Gasteiger partial charge in [0.25, 0.3) is 0 Å². The zero-order chi connectivity index (χ0) is 26.1. The zero-order valence-corrected chi connectivity index (χ0v) is 21.1. The second-order valence-electron chi connectivity index (χ2n) is 10.6. The molecule has 8 heteroatoms. The number of piperazine rings is 1. The molecule has 6 nitrogen and oxygen atoms in total. The van der Waals surface area contributed by atoms with Crippen LogP contribution in [0, 0.1) is 23.5 Å². The van der Waals surface area contributed by atoms with Crippen LogP contribution in [0.2, 0.25) is 0 Å². The van der Waals surface area contributed by atoms with Gasteiger partial charge in [-0.25, -0.2) is 8.78 Å². The van der Waals surface area contributed by atoms with E-state index in [1.54, 1.807) is 13.8 Å². The highest BCUT2D eigenvalue weighted by Crippen LogP contribution is 2.35. The number of fused-ring (bicyclic) bond motifs is 1. The lowest BCUT2D eigenvalue weighted by Gasteiger charge is -2.45. The molecule has 0 saturated carbocycles. The molecular weight excluding hydrogens is 464 g/mol. The van der Waals surface area contributed by atoms with Crippen LogP contribution in [0.15, 0.2) is 42.5 Å². The van der Waals surface area contributed by atoms with Gasteiger partial charge in [0.15, 0.2) is 0 Å². The molecule has 192 valence electrons. The van der Waals surface area contributed by atoms with E-state index in [1.807, 2.05) is 38.1 Å². The Bertz CT molecular complexity index is 1120. The zero-order valence-electron chi connectivity index (χ0n) is 21.1. The van der Waals surface area contributed by atoms with Crippen molar-refractivity contribution in [1.29, 1.82) is 0 Å². The normalized spacial score (nSPS) is 21.1. The number of benzene rings is 2. The minimum absolute atomic E-state index is 0.00378. The first kappa shape index (κ1) is 25.8. The number of hydrogen-bond acceptors (Lipinski definition) is 3. The van der Waals surface area contributed by atoms with E-state index in [2.05, 4.69) is 10.6 Å². The summed E-state index contributed by atoms with van der Waals surface area (Å²) in [7, 11) is 0. The predicted molar refractivity (Wildman–Crippen MR) is 132 cm³/mol. The van der Waals surface area contributed by atoms with Crippen molar-refractivity contribution in [1.82, 2.24) is 15.5 Å².